The Morgan fingerprint density at radius 2 is 1.63 bits per heavy atom. The van der Waals surface area contributed by atoms with Gasteiger partial charge in [-0.2, -0.15) is 0 Å². The van der Waals surface area contributed by atoms with Gasteiger partial charge >= 0.3 is 0 Å². The average Bonchev–Trinajstić information content (AvgIpc) is 2.76. The fourth-order valence-corrected chi connectivity index (χ4v) is 4.85. The van der Waals surface area contributed by atoms with E-state index in [1.54, 1.807) is 21.3 Å². The van der Waals surface area contributed by atoms with Crippen LogP contribution < -0.4 is 14.2 Å². The van der Waals surface area contributed by atoms with E-state index in [9.17, 15) is 4.79 Å². The monoisotopic (exact) mass is 416 g/mol. The summed E-state index contributed by atoms with van der Waals surface area (Å²) in [6.45, 7) is 9.85. The molecular weight excluding hydrogens is 380 g/mol. The number of likely N-dealkylation sites (tertiary alicyclic amines) is 1. The standard InChI is InChI=1S/C24H36N2O4/c1-16-11-17(2)15-26(14-16)24(27)18(3)25-9-7-19(8-10-25)23-21(29-5)12-20(28-4)13-22(23)30-6/h7,12-13,16-18H,8-11,14-15H2,1-6H3/t16-,17-,18+/m0/s1. The molecular formula is C24H36N2O4. The van der Waals surface area contributed by atoms with E-state index in [1.807, 2.05) is 19.1 Å². The van der Waals surface area contributed by atoms with Crippen molar-refractivity contribution in [3.63, 3.8) is 0 Å². The number of carbonyl (C=O) groups is 1. The SMILES string of the molecule is COc1cc(OC)c(C2=CCN([C@H](C)C(=O)N3C[C@@H](C)C[C@H](C)C3)CC2)c(OC)c1. The highest BCUT2D eigenvalue weighted by atomic mass is 16.5. The average molecular weight is 417 g/mol. The van der Waals surface area contributed by atoms with Gasteiger partial charge in [0.25, 0.3) is 0 Å². The Morgan fingerprint density at radius 3 is 2.10 bits per heavy atom. The van der Waals surface area contributed by atoms with Gasteiger partial charge in [-0.1, -0.05) is 19.9 Å². The summed E-state index contributed by atoms with van der Waals surface area (Å²) in [5, 5.41) is 0. The largest absolute Gasteiger partial charge is 0.496 e. The number of hydrogen-bond acceptors (Lipinski definition) is 5. The van der Waals surface area contributed by atoms with Crippen LogP contribution in [0.2, 0.25) is 0 Å². The van der Waals surface area contributed by atoms with E-state index in [2.05, 4.69) is 29.7 Å². The number of nitrogens with zero attached hydrogens (tertiary/aromatic N) is 2. The van der Waals surface area contributed by atoms with E-state index in [1.165, 1.54) is 12.0 Å². The van der Waals surface area contributed by atoms with Gasteiger partial charge in [-0.15, -0.1) is 0 Å². The second-order valence-electron chi connectivity index (χ2n) is 8.75. The van der Waals surface area contributed by atoms with Crippen molar-refractivity contribution in [1.82, 2.24) is 9.80 Å². The number of piperidine rings is 1. The molecule has 1 amide bonds. The number of benzene rings is 1. The van der Waals surface area contributed by atoms with Crippen LogP contribution in [0.3, 0.4) is 0 Å². The van der Waals surface area contributed by atoms with Crippen LogP contribution in [0.15, 0.2) is 18.2 Å². The number of methoxy groups -OCH3 is 3. The van der Waals surface area contributed by atoms with Gasteiger partial charge in [0.15, 0.2) is 0 Å². The zero-order chi connectivity index (χ0) is 21.8. The Balaban J connectivity index is 1.74. The Kier molecular flexibility index (Phi) is 7.29. The van der Waals surface area contributed by atoms with E-state index >= 15 is 0 Å². The van der Waals surface area contributed by atoms with Crippen molar-refractivity contribution < 1.29 is 19.0 Å². The zero-order valence-electron chi connectivity index (χ0n) is 19.2. The fraction of sp³-hybridized carbons (Fsp3) is 0.625. The van der Waals surface area contributed by atoms with Crippen molar-refractivity contribution in [3.05, 3.63) is 23.8 Å². The van der Waals surface area contributed by atoms with Crippen LogP contribution in [0.5, 0.6) is 17.2 Å². The Hall–Kier alpha value is -2.21. The summed E-state index contributed by atoms with van der Waals surface area (Å²) in [6.07, 6.45) is 4.24. The minimum atomic E-state index is -0.111. The quantitative estimate of drug-likeness (QED) is 0.708. The maximum absolute atomic E-state index is 13.1. The first-order chi connectivity index (χ1) is 14.4. The number of ether oxygens (including phenoxy) is 3. The van der Waals surface area contributed by atoms with Crippen molar-refractivity contribution in [3.8, 4) is 17.2 Å². The van der Waals surface area contributed by atoms with Crippen molar-refractivity contribution in [2.75, 3.05) is 47.5 Å². The van der Waals surface area contributed by atoms with Crippen LogP contribution in [0, 0.1) is 11.8 Å². The molecule has 0 aromatic heterocycles. The normalized spacial score (nSPS) is 23.5. The predicted octanol–water partition coefficient (Wildman–Crippen LogP) is 3.69. The first-order valence-corrected chi connectivity index (χ1v) is 10.9. The topological polar surface area (TPSA) is 51.2 Å². The summed E-state index contributed by atoms with van der Waals surface area (Å²) in [5.74, 6) is 3.60. The van der Waals surface area contributed by atoms with Gasteiger partial charge in [0, 0.05) is 38.3 Å². The smallest absolute Gasteiger partial charge is 0.239 e. The molecule has 0 radical (unpaired) electrons. The lowest BCUT2D eigenvalue weighted by molar-refractivity contribution is -0.139. The molecule has 1 fully saturated rings. The van der Waals surface area contributed by atoms with Gasteiger partial charge in [0.2, 0.25) is 5.91 Å². The molecule has 2 aliphatic heterocycles. The van der Waals surface area contributed by atoms with Crippen LogP contribution >= 0.6 is 0 Å². The van der Waals surface area contributed by atoms with Gasteiger partial charge in [0.1, 0.15) is 17.2 Å². The molecule has 0 saturated carbocycles. The molecule has 3 atom stereocenters. The van der Waals surface area contributed by atoms with Crippen molar-refractivity contribution in [2.24, 2.45) is 11.8 Å². The Morgan fingerprint density at radius 1 is 1.03 bits per heavy atom. The third-order valence-electron chi connectivity index (χ3n) is 6.36. The summed E-state index contributed by atoms with van der Waals surface area (Å²) in [6, 6.07) is 3.66. The summed E-state index contributed by atoms with van der Waals surface area (Å²) in [4.78, 5) is 17.5. The Labute approximate surface area is 180 Å². The second-order valence-corrected chi connectivity index (χ2v) is 8.75. The van der Waals surface area contributed by atoms with E-state index in [0.29, 0.717) is 17.6 Å². The second kappa shape index (κ2) is 9.73. The molecule has 2 heterocycles. The zero-order valence-corrected chi connectivity index (χ0v) is 19.2. The van der Waals surface area contributed by atoms with Gasteiger partial charge in [0.05, 0.1) is 32.9 Å². The molecule has 0 spiro atoms. The van der Waals surface area contributed by atoms with Gasteiger partial charge in [-0.05, 0) is 37.2 Å². The van der Waals surface area contributed by atoms with Crippen LogP contribution in [-0.2, 0) is 4.79 Å². The molecule has 30 heavy (non-hydrogen) atoms. The molecule has 0 unspecified atom stereocenters. The summed E-state index contributed by atoms with van der Waals surface area (Å²) >= 11 is 0. The van der Waals surface area contributed by atoms with E-state index in [-0.39, 0.29) is 11.9 Å². The van der Waals surface area contributed by atoms with Crippen molar-refractivity contribution in [1.29, 1.82) is 0 Å². The predicted molar refractivity (Wildman–Crippen MR) is 119 cm³/mol. The maximum atomic E-state index is 13.1. The van der Waals surface area contributed by atoms with Crippen molar-refractivity contribution in [2.45, 2.75) is 39.7 Å². The van der Waals surface area contributed by atoms with Gasteiger partial charge in [-0.25, -0.2) is 0 Å². The Bertz CT molecular complexity index is 756. The van der Waals surface area contributed by atoms with Crippen LogP contribution in [-0.4, -0.2) is 69.3 Å². The molecule has 0 bridgehead atoms. The van der Waals surface area contributed by atoms with Crippen LogP contribution in [0.1, 0.15) is 39.2 Å². The molecule has 0 aliphatic carbocycles. The molecule has 166 valence electrons. The molecule has 0 N–H and O–H groups in total. The maximum Gasteiger partial charge on any atom is 0.239 e. The lowest BCUT2D eigenvalue weighted by Crippen LogP contribution is -2.52. The number of amides is 1. The molecule has 1 saturated heterocycles. The van der Waals surface area contributed by atoms with Gasteiger partial charge < -0.3 is 19.1 Å². The minimum Gasteiger partial charge on any atom is -0.496 e. The van der Waals surface area contributed by atoms with Crippen molar-refractivity contribution >= 4 is 11.5 Å². The molecule has 6 nitrogen and oxygen atoms in total. The molecule has 1 aromatic rings. The lowest BCUT2D eigenvalue weighted by Gasteiger charge is -2.39. The molecule has 3 rings (SSSR count). The first-order valence-electron chi connectivity index (χ1n) is 10.9. The lowest BCUT2D eigenvalue weighted by atomic mass is 9.91. The molecule has 1 aromatic carbocycles. The fourth-order valence-electron chi connectivity index (χ4n) is 4.85. The highest BCUT2D eigenvalue weighted by Gasteiger charge is 2.32. The highest BCUT2D eigenvalue weighted by molar-refractivity contribution is 5.82. The highest BCUT2D eigenvalue weighted by Crippen LogP contribution is 2.41. The molecule has 6 heteroatoms. The minimum absolute atomic E-state index is 0.111. The van der Waals surface area contributed by atoms with Crippen LogP contribution in [0.25, 0.3) is 5.57 Å². The third-order valence-corrected chi connectivity index (χ3v) is 6.36. The van der Waals surface area contributed by atoms with E-state index in [4.69, 9.17) is 14.2 Å². The van der Waals surface area contributed by atoms with Crippen LogP contribution in [0.4, 0.5) is 0 Å². The van der Waals surface area contributed by atoms with Gasteiger partial charge in [-0.3, -0.25) is 9.69 Å². The van der Waals surface area contributed by atoms with E-state index < -0.39 is 0 Å². The van der Waals surface area contributed by atoms with E-state index in [0.717, 1.165) is 49.7 Å². The number of rotatable bonds is 6. The number of hydrogen-bond donors (Lipinski definition) is 0. The molecule has 2 aliphatic rings. The summed E-state index contributed by atoms with van der Waals surface area (Å²) in [7, 11) is 4.96. The first kappa shape index (κ1) is 22.5. The number of carbonyl (C=O) groups excluding carboxylic acids is 1. The third kappa shape index (κ3) is 4.75. The summed E-state index contributed by atoms with van der Waals surface area (Å²) < 4.78 is 16.6. The summed E-state index contributed by atoms with van der Waals surface area (Å²) in [5.41, 5.74) is 2.15.